The SMILES string of the molecule is CC(c1ccncc1)C(O)c1ccc(Cl)cc1. The zero-order valence-corrected chi connectivity index (χ0v) is 10.3. The molecule has 0 spiro atoms. The summed E-state index contributed by atoms with van der Waals surface area (Å²) in [6.45, 7) is 1.99. The Bertz CT molecular complexity index is 469. The van der Waals surface area contributed by atoms with Crippen molar-refractivity contribution in [1.29, 1.82) is 0 Å². The smallest absolute Gasteiger partial charge is 0.0855 e. The van der Waals surface area contributed by atoms with E-state index < -0.39 is 6.10 Å². The highest BCUT2D eigenvalue weighted by molar-refractivity contribution is 6.30. The molecular formula is C14H14ClNO. The lowest BCUT2D eigenvalue weighted by molar-refractivity contribution is 0.151. The van der Waals surface area contributed by atoms with E-state index in [1.54, 1.807) is 24.5 Å². The van der Waals surface area contributed by atoms with Crippen molar-refractivity contribution in [3.63, 3.8) is 0 Å². The summed E-state index contributed by atoms with van der Waals surface area (Å²) < 4.78 is 0. The van der Waals surface area contributed by atoms with Crippen molar-refractivity contribution in [2.24, 2.45) is 0 Å². The van der Waals surface area contributed by atoms with Crippen LogP contribution in [0.4, 0.5) is 0 Å². The van der Waals surface area contributed by atoms with Crippen LogP contribution in [0.3, 0.4) is 0 Å². The molecule has 2 rings (SSSR count). The molecule has 2 nitrogen and oxygen atoms in total. The number of benzene rings is 1. The monoisotopic (exact) mass is 247 g/mol. The van der Waals surface area contributed by atoms with Gasteiger partial charge >= 0.3 is 0 Å². The average molecular weight is 248 g/mol. The summed E-state index contributed by atoms with van der Waals surface area (Å²) in [6, 6.07) is 11.1. The van der Waals surface area contributed by atoms with Crippen LogP contribution in [0.25, 0.3) is 0 Å². The molecule has 3 heteroatoms. The van der Waals surface area contributed by atoms with Gasteiger partial charge < -0.3 is 5.11 Å². The molecule has 1 heterocycles. The Morgan fingerprint density at radius 2 is 1.59 bits per heavy atom. The first-order valence-electron chi connectivity index (χ1n) is 5.52. The van der Waals surface area contributed by atoms with Crippen LogP contribution in [-0.4, -0.2) is 10.1 Å². The highest BCUT2D eigenvalue weighted by Crippen LogP contribution is 2.30. The van der Waals surface area contributed by atoms with Crippen LogP contribution in [-0.2, 0) is 0 Å². The van der Waals surface area contributed by atoms with Gasteiger partial charge in [0.05, 0.1) is 6.10 Å². The number of halogens is 1. The Labute approximate surface area is 106 Å². The molecule has 0 aliphatic carbocycles. The van der Waals surface area contributed by atoms with Gasteiger partial charge in [-0.25, -0.2) is 0 Å². The van der Waals surface area contributed by atoms with Crippen LogP contribution in [0.5, 0.6) is 0 Å². The van der Waals surface area contributed by atoms with E-state index in [2.05, 4.69) is 4.98 Å². The third-order valence-corrected chi connectivity index (χ3v) is 3.17. The van der Waals surface area contributed by atoms with Crippen molar-refractivity contribution in [3.05, 3.63) is 64.9 Å². The molecular weight excluding hydrogens is 234 g/mol. The van der Waals surface area contributed by atoms with Crippen LogP contribution in [0.15, 0.2) is 48.8 Å². The maximum Gasteiger partial charge on any atom is 0.0855 e. The lowest BCUT2D eigenvalue weighted by Gasteiger charge is -2.19. The Hall–Kier alpha value is -1.38. The predicted octanol–water partition coefficient (Wildman–Crippen LogP) is 3.57. The topological polar surface area (TPSA) is 33.1 Å². The quantitative estimate of drug-likeness (QED) is 0.900. The molecule has 17 heavy (non-hydrogen) atoms. The van der Waals surface area contributed by atoms with Crippen LogP contribution < -0.4 is 0 Å². The van der Waals surface area contributed by atoms with Gasteiger partial charge in [0.15, 0.2) is 0 Å². The van der Waals surface area contributed by atoms with Crippen molar-refractivity contribution in [3.8, 4) is 0 Å². The number of nitrogens with zero attached hydrogens (tertiary/aromatic N) is 1. The van der Waals surface area contributed by atoms with Gasteiger partial charge in [0, 0.05) is 23.3 Å². The second-order valence-electron chi connectivity index (χ2n) is 4.07. The summed E-state index contributed by atoms with van der Waals surface area (Å²) >= 11 is 5.82. The van der Waals surface area contributed by atoms with Crippen LogP contribution in [0.2, 0.25) is 5.02 Å². The minimum atomic E-state index is -0.533. The first-order valence-corrected chi connectivity index (χ1v) is 5.89. The van der Waals surface area contributed by atoms with Crippen molar-refractivity contribution in [2.75, 3.05) is 0 Å². The minimum absolute atomic E-state index is 0.0270. The van der Waals surface area contributed by atoms with Gasteiger partial charge in [-0.2, -0.15) is 0 Å². The molecule has 0 aliphatic heterocycles. The molecule has 1 aromatic heterocycles. The van der Waals surface area contributed by atoms with Gasteiger partial charge in [-0.3, -0.25) is 4.98 Å². The second kappa shape index (κ2) is 5.30. The maximum atomic E-state index is 10.3. The molecule has 0 bridgehead atoms. The molecule has 1 aromatic carbocycles. The number of aromatic nitrogens is 1. The van der Waals surface area contributed by atoms with Gasteiger partial charge in [-0.1, -0.05) is 30.7 Å². The van der Waals surface area contributed by atoms with E-state index in [1.807, 2.05) is 31.2 Å². The normalized spacial score (nSPS) is 14.3. The van der Waals surface area contributed by atoms with E-state index in [0.717, 1.165) is 11.1 Å². The van der Waals surface area contributed by atoms with E-state index in [0.29, 0.717) is 5.02 Å². The van der Waals surface area contributed by atoms with E-state index in [-0.39, 0.29) is 5.92 Å². The fraction of sp³-hybridized carbons (Fsp3) is 0.214. The van der Waals surface area contributed by atoms with Gasteiger partial charge in [0.1, 0.15) is 0 Å². The molecule has 0 saturated heterocycles. The zero-order valence-electron chi connectivity index (χ0n) is 9.55. The maximum absolute atomic E-state index is 10.3. The summed E-state index contributed by atoms with van der Waals surface area (Å²) in [4.78, 5) is 3.97. The Kier molecular flexibility index (Phi) is 3.77. The summed E-state index contributed by atoms with van der Waals surface area (Å²) in [5.41, 5.74) is 1.95. The molecule has 0 radical (unpaired) electrons. The summed E-state index contributed by atoms with van der Waals surface area (Å²) in [7, 11) is 0. The van der Waals surface area contributed by atoms with Crippen LogP contribution >= 0.6 is 11.6 Å². The van der Waals surface area contributed by atoms with Gasteiger partial charge in [-0.05, 0) is 35.4 Å². The molecule has 0 aliphatic rings. The molecule has 2 atom stereocenters. The highest BCUT2D eigenvalue weighted by Gasteiger charge is 2.17. The first-order chi connectivity index (χ1) is 8.18. The fourth-order valence-electron chi connectivity index (χ4n) is 1.80. The number of rotatable bonds is 3. The first kappa shape index (κ1) is 12.1. The summed E-state index contributed by atoms with van der Waals surface area (Å²) in [5, 5.41) is 10.9. The molecule has 2 unspecified atom stereocenters. The molecule has 1 N–H and O–H groups in total. The number of hydrogen-bond acceptors (Lipinski definition) is 2. The van der Waals surface area contributed by atoms with Crippen LogP contribution in [0, 0.1) is 0 Å². The van der Waals surface area contributed by atoms with Gasteiger partial charge in [0.25, 0.3) is 0 Å². The Morgan fingerprint density at radius 3 is 2.18 bits per heavy atom. The van der Waals surface area contributed by atoms with Crippen molar-refractivity contribution in [1.82, 2.24) is 4.98 Å². The van der Waals surface area contributed by atoms with E-state index >= 15 is 0 Å². The number of hydrogen-bond donors (Lipinski definition) is 1. The molecule has 0 amide bonds. The predicted molar refractivity (Wildman–Crippen MR) is 69.1 cm³/mol. The average Bonchev–Trinajstić information content (AvgIpc) is 2.39. The van der Waals surface area contributed by atoms with E-state index in [1.165, 1.54) is 0 Å². The lowest BCUT2D eigenvalue weighted by Crippen LogP contribution is -2.07. The number of aliphatic hydroxyl groups excluding tert-OH is 1. The summed E-state index contributed by atoms with van der Waals surface area (Å²) in [6.07, 6.45) is 2.94. The molecule has 0 fully saturated rings. The molecule has 2 aromatic rings. The Balaban J connectivity index is 2.20. The summed E-state index contributed by atoms with van der Waals surface area (Å²) in [5.74, 6) is 0.0270. The Morgan fingerprint density at radius 1 is 1.00 bits per heavy atom. The van der Waals surface area contributed by atoms with Gasteiger partial charge in [-0.15, -0.1) is 0 Å². The van der Waals surface area contributed by atoms with Gasteiger partial charge in [0.2, 0.25) is 0 Å². The largest absolute Gasteiger partial charge is 0.388 e. The minimum Gasteiger partial charge on any atom is -0.388 e. The second-order valence-corrected chi connectivity index (χ2v) is 4.50. The molecule has 88 valence electrons. The third kappa shape index (κ3) is 2.84. The van der Waals surface area contributed by atoms with E-state index in [9.17, 15) is 5.11 Å². The highest BCUT2D eigenvalue weighted by atomic mass is 35.5. The standard InChI is InChI=1S/C14H14ClNO/c1-10(11-6-8-16-9-7-11)14(17)12-2-4-13(15)5-3-12/h2-10,14,17H,1H3. The lowest BCUT2D eigenvalue weighted by atomic mass is 9.91. The fourth-order valence-corrected chi connectivity index (χ4v) is 1.92. The third-order valence-electron chi connectivity index (χ3n) is 2.92. The van der Waals surface area contributed by atoms with Crippen molar-refractivity contribution >= 4 is 11.6 Å². The van der Waals surface area contributed by atoms with Crippen molar-refractivity contribution in [2.45, 2.75) is 18.9 Å². The number of pyridine rings is 1. The molecule has 0 saturated carbocycles. The van der Waals surface area contributed by atoms with E-state index in [4.69, 9.17) is 11.6 Å². The number of aliphatic hydroxyl groups is 1. The van der Waals surface area contributed by atoms with Crippen LogP contribution in [0.1, 0.15) is 30.1 Å². The zero-order chi connectivity index (χ0) is 12.3. The van der Waals surface area contributed by atoms with Crippen molar-refractivity contribution < 1.29 is 5.11 Å².